The lowest BCUT2D eigenvalue weighted by Crippen LogP contribution is -1.97. The Bertz CT molecular complexity index is 773. The third kappa shape index (κ3) is 3.26. The second-order valence-corrected chi connectivity index (χ2v) is 4.76. The van der Waals surface area contributed by atoms with Gasteiger partial charge in [-0.2, -0.15) is 0 Å². The number of allylic oxidation sites excluding steroid dienone is 1. The number of halogens is 1. The molecule has 0 atom stereocenters. The summed E-state index contributed by atoms with van der Waals surface area (Å²) in [6.45, 7) is 0.160. The number of ketones is 1. The molecule has 0 unspecified atom stereocenters. The molecule has 6 heteroatoms. The van der Waals surface area contributed by atoms with Crippen molar-refractivity contribution in [2.24, 2.45) is 0 Å². The standard InChI is InChI=1S/C17H14FNO4/c1-21-15-5-3-12(9-13(15)18)19-7-6-14(20)11-2-4-16-17(8-11)23-10-22-16/h2-9,19H,10H2,1H3. The van der Waals surface area contributed by atoms with Crippen LogP contribution in [0, 0.1) is 5.82 Å². The van der Waals surface area contributed by atoms with Crippen molar-refractivity contribution in [2.45, 2.75) is 0 Å². The number of rotatable bonds is 5. The lowest BCUT2D eigenvalue weighted by molar-refractivity contribution is 0.104. The molecule has 1 aliphatic heterocycles. The van der Waals surface area contributed by atoms with Crippen molar-refractivity contribution in [1.82, 2.24) is 0 Å². The van der Waals surface area contributed by atoms with E-state index < -0.39 is 5.82 Å². The summed E-state index contributed by atoms with van der Waals surface area (Å²) >= 11 is 0. The fourth-order valence-electron chi connectivity index (χ4n) is 2.12. The van der Waals surface area contributed by atoms with Gasteiger partial charge in [-0.3, -0.25) is 4.79 Å². The number of hydrogen-bond acceptors (Lipinski definition) is 5. The van der Waals surface area contributed by atoms with Gasteiger partial charge in [-0.25, -0.2) is 4.39 Å². The summed E-state index contributed by atoms with van der Waals surface area (Å²) in [6, 6.07) is 9.42. The second kappa shape index (κ2) is 6.39. The largest absolute Gasteiger partial charge is 0.494 e. The minimum Gasteiger partial charge on any atom is -0.494 e. The van der Waals surface area contributed by atoms with Gasteiger partial charge in [-0.05, 0) is 30.3 Å². The highest BCUT2D eigenvalue weighted by molar-refractivity contribution is 6.05. The molecule has 0 saturated carbocycles. The molecular formula is C17H14FNO4. The van der Waals surface area contributed by atoms with Crippen LogP contribution < -0.4 is 19.5 Å². The average Bonchev–Trinajstić information content (AvgIpc) is 3.02. The Morgan fingerprint density at radius 1 is 1.22 bits per heavy atom. The van der Waals surface area contributed by atoms with Crippen LogP contribution in [0.25, 0.3) is 0 Å². The number of hydrogen-bond donors (Lipinski definition) is 1. The molecule has 0 aromatic heterocycles. The third-order valence-corrected chi connectivity index (χ3v) is 3.29. The van der Waals surface area contributed by atoms with E-state index in [-0.39, 0.29) is 18.3 Å². The summed E-state index contributed by atoms with van der Waals surface area (Å²) < 4.78 is 28.8. The molecule has 1 N–H and O–H groups in total. The molecule has 118 valence electrons. The average molecular weight is 315 g/mol. The number of carbonyl (C=O) groups excluding carboxylic acids is 1. The Kier molecular flexibility index (Phi) is 4.14. The second-order valence-electron chi connectivity index (χ2n) is 4.76. The van der Waals surface area contributed by atoms with Gasteiger partial charge in [-0.1, -0.05) is 0 Å². The first-order chi connectivity index (χ1) is 11.2. The molecule has 23 heavy (non-hydrogen) atoms. The molecule has 0 radical (unpaired) electrons. The summed E-state index contributed by atoms with van der Waals surface area (Å²) in [4.78, 5) is 12.1. The molecule has 2 aromatic carbocycles. The van der Waals surface area contributed by atoms with Crippen molar-refractivity contribution < 1.29 is 23.4 Å². The van der Waals surface area contributed by atoms with Crippen molar-refractivity contribution in [3.05, 3.63) is 60.1 Å². The summed E-state index contributed by atoms with van der Waals surface area (Å²) in [5.41, 5.74) is 0.992. The maximum absolute atomic E-state index is 13.5. The van der Waals surface area contributed by atoms with Gasteiger partial charge >= 0.3 is 0 Å². The highest BCUT2D eigenvalue weighted by atomic mass is 19.1. The van der Waals surface area contributed by atoms with Crippen LogP contribution >= 0.6 is 0 Å². The molecule has 0 fully saturated rings. The van der Waals surface area contributed by atoms with Crippen molar-refractivity contribution >= 4 is 11.5 Å². The van der Waals surface area contributed by atoms with Gasteiger partial charge in [0.15, 0.2) is 28.8 Å². The first-order valence-corrected chi connectivity index (χ1v) is 6.88. The van der Waals surface area contributed by atoms with Crippen LogP contribution in [0.2, 0.25) is 0 Å². The Balaban J connectivity index is 1.66. The van der Waals surface area contributed by atoms with Gasteiger partial charge in [0.25, 0.3) is 0 Å². The zero-order valence-electron chi connectivity index (χ0n) is 12.3. The fraction of sp³-hybridized carbons (Fsp3) is 0.118. The Labute approximate surface area is 132 Å². The Morgan fingerprint density at radius 3 is 2.83 bits per heavy atom. The van der Waals surface area contributed by atoms with E-state index in [9.17, 15) is 9.18 Å². The smallest absolute Gasteiger partial charge is 0.231 e. The zero-order chi connectivity index (χ0) is 16.2. The van der Waals surface area contributed by atoms with Crippen molar-refractivity contribution in [2.75, 3.05) is 19.2 Å². The Hall–Kier alpha value is -3.02. The number of anilines is 1. The Morgan fingerprint density at radius 2 is 2.04 bits per heavy atom. The van der Waals surface area contributed by atoms with Gasteiger partial charge in [-0.15, -0.1) is 0 Å². The van der Waals surface area contributed by atoms with Gasteiger partial charge in [0.1, 0.15) is 0 Å². The monoisotopic (exact) mass is 315 g/mol. The quantitative estimate of drug-likeness (QED) is 0.677. The molecule has 0 spiro atoms. The van der Waals surface area contributed by atoms with Gasteiger partial charge in [0, 0.05) is 29.6 Å². The third-order valence-electron chi connectivity index (χ3n) is 3.29. The number of benzene rings is 2. The van der Waals surface area contributed by atoms with E-state index >= 15 is 0 Å². The highest BCUT2D eigenvalue weighted by Gasteiger charge is 2.15. The van der Waals surface area contributed by atoms with E-state index in [4.69, 9.17) is 14.2 Å². The summed E-state index contributed by atoms with van der Waals surface area (Å²) in [5.74, 6) is 0.653. The molecule has 1 heterocycles. The van der Waals surface area contributed by atoms with E-state index in [0.29, 0.717) is 22.7 Å². The number of ether oxygens (including phenoxy) is 3. The summed E-state index contributed by atoms with van der Waals surface area (Å²) in [6.07, 6.45) is 2.81. The molecule has 5 nitrogen and oxygen atoms in total. The predicted octanol–water partition coefficient (Wildman–Crippen LogP) is 3.37. The fourth-order valence-corrected chi connectivity index (χ4v) is 2.12. The van der Waals surface area contributed by atoms with Gasteiger partial charge in [0.05, 0.1) is 7.11 Å². The summed E-state index contributed by atoms with van der Waals surface area (Å²) in [5, 5.41) is 2.84. The van der Waals surface area contributed by atoms with E-state index in [1.54, 1.807) is 24.3 Å². The topological polar surface area (TPSA) is 56.8 Å². The SMILES string of the molecule is COc1ccc(NC=CC(=O)c2ccc3c(c2)OCO3)cc1F. The highest BCUT2D eigenvalue weighted by Crippen LogP contribution is 2.32. The van der Waals surface area contributed by atoms with Crippen LogP contribution in [0.15, 0.2) is 48.7 Å². The molecule has 3 rings (SSSR count). The minimum atomic E-state index is -0.479. The molecule has 1 aliphatic rings. The van der Waals surface area contributed by atoms with E-state index in [2.05, 4.69) is 5.32 Å². The lowest BCUT2D eigenvalue weighted by atomic mass is 10.1. The lowest BCUT2D eigenvalue weighted by Gasteiger charge is -2.04. The minimum absolute atomic E-state index is 0.160. The number of carbonyl (C=O) groups is 1. The van der Waals surface area contributed by atoms with Crippen LogP contribution in [-0.4, -0.2) is 19.7 Å². The predicted molar refractivity (Wildman–Crippen MR) is 82.6 cm³/mol. The van der Waals surface area contributed by atoms with Gasteiger partial charge in [0.2, 0.25) is 6.79 Å². The van der Waals surface area contributed by atoms with E-state index in [1.807, 2.05) is 0 Å². The normalized spacial score (nSPS) is 12.4. The van der Waals surface area contributed by atoms with Gasteiger partial charge < -0.3 is 19.5 Å². The van der Waals surface area contributed by atoms with Crippen molar-refractivity contribution in [3.63, 3.8) is 0 Å². The molecular weight excluding hydrogens is 301 g/mol. The van der Waals surface area contributed by atoms with Crippen molar-refractivity contribution in [1.29, 1.82) is 0 Å². The maximum atomic E-state index is 13.5. The first-order valence-electron chi connectivity index (χ1n) is 6.88. The van der Waals surface area contributed by atoms with E-state index in [0.717, 1.165) is 0 Å². The number of methoxy groups -OCH3 is 1. The van der Waals surface area contributed by atoms with E-state index in [1.165, 1.54) is 31.5 Å². The van der Waals surface area contributed by atoms with Crippen LogP contribution in [0.1, 0.15) is 10.4 Å². The van der Waals surface area contributed by atoms with Crippen LogP contribution in [0.3, 0.4) is 0 Å². The first kappa shape index (κ1) is 14.9. The van der Waals surface area contributed by atoms with Crippen LogP contribution in [0.5, 0.6) is 17.2 Å². The van der Waals surface area contributed by atoms with Crippen LogP contribution in [-0.2, 0) is 0 Å². The van der Waals surface area contributed by atoms with Crippen LogP contribution in [0.4, 0.5) is 10.1 Å². The molecule has 0 amide bonds. The zero-order valence-corrected chi connectivity index (χ0v) is 12.3. The molecule has 0 aliphatic carbocycles. The molecule has 0 saturated heterocycles. The van der Waals surface area contributed by atoms with Crippen molar-refractivity contribution in [3.8, 4) is 17.2 Å². The number of fused-ring (bicyclic) bond motifs is 1. The maximum Gasteiger partial charge on any atom is 0.231 e. The molecule has 0 bridgehead atoms. The number of nitrogens with one attached hydrogen (secondary N) is 1. The molecule has 2 aromatic rings. The summed E-state index contributed by atoms with van der Waals surface area (Å²) in [7, 11) is 1.40.